The molecule has 0 heterocycles. The Hall–Kier alpha value is -0.380. The van der Waals surface area contributed by atoms with Crippen molar-refractivity contribution in [3.63, 3.8) is 0 Å². The van der Waals surface area contributed by atoms with Gasteiger partial charge >= 0.3 is 121 Å². The fourth-order valence-corrected chi connectivity index (χ4v) is 2.63. The van der Waals surface area contributed by atoms with Gasteiger partial charge in [0, 0.05) is 0 Å². The van der Waals surface area contributed by atoms with Crippen LogP contribution < -0.4 is 27.9 Å². The van der Waals surface area contributed by atoms with Gasteiger partial charge in [-0.3, -0.25) is 0 Å². The van der Waals surface area contributed by atoms with Crippen molar-refractivity contribution < 1.29 is 26.8 Å². The van der Waals surface area contributed by atoms with E-state index in [-0.39, 0.29) is 9.82 Å². The molecule has 0 aliphatic carbocycles. The van der Waals surface area contributed by atoms with Gasteiger partial charge in [-0.15, -0.1) is 0 Å². The second kappa shape index (κ2) is 7.85. The number of rotatable bonds is 5. The third-order valence-electron chi connectivity index (χ3n) is 2.02. The number of amides is 2. The van der Waals surface area contributed by atoms with E-state index < -0.39 is 17.2 Å². The number of hydrogen-bond acceptors (Lipinski definition) is 2. The van der Waals surface area contributed by atoms with E-state index in [4.69, 9.17) is 0 Å². The fourth-order valence-electron chi connectivity index (χ4n) is 1.25. The molecule has 0 saturated heterocycles. The molecule has 0 fully saturated rings. The van der Waals surface area contributed by atoms with Gasteiger partial charge < -0.3 is 0 Å². The van der Waals surface area contributed by atoms with E-state index in [0.717, 1.165) is 5.56 Å². The van der Waals surface area contributed by atoms with Crippen molar-refractivity contribution in [2.75, 3.05) is 13.1 Å². The van der Waals surface area contributed by atoms with Gasteiger partial charge in [-0.25, -0.2) is 0 Å². The summed E-state index contributed by atoms with van der Waals surface area (Å²) in [6.45, 7) is 2.89. The maximum absolute atomic E-state index is 11.7. The number of aryl methyl sites for hydroxylation is 1. The maximum atomic E-state index is 11.7. The van der Waals surface area contributed by atoms with E-state index in [9.17, 15) is 9.59 Å². The summed E-state index contributed by atoms with van der Waals surface area (Å²) >= 11 is 1.67. The van der Waals surface area contributed by atoms with Gasteiger partial charge in [-0.1, -0.05) is 0 Å². The Morgan fingerprint density at radius 3 is 2.65 bits per heavy atom. The molecule has 0 bridgehead atoms. The van der Waals surface area contributed by atoms with Gasteiger partial charge in [0.25, 0.3) is 0 Å². The Bertz CT molecular complexity index is 410. The summed E-state index contributed by atoms with van der Waals surface area (Å²) in [5.41, 5.74) is 1.71. The molecule has 6 heteroatoms. The topological polar surface area (TPSA) is 58.2 Å². The molecule has 0 unspecified atom stereocenters. The first-order valence-corrected chi connectivity index (χ1v) is 12.4. The summed E-state index contributed by atoms with van der Waals surface area (Å²) < 4.78 is 0.0919. The molecular formula is C11H13I2N2O2-. The van der Waals surface area contributed by atoms with Crippen molar-refractivity contribution in [1.29, 1.82) is 0 Å². The molecule has 0 aromatic heterocycles. The van der Waals surface area contributed by atoms with E-state index in [1.807, 2.05) is 25.1 Å². The number of halogens is 2. The van der Waals surface area contributed by atoms with Crippen molar-refractivity contribution in [2.24, 2.45) is 0 Å². The molecule has 1 aromatic rings. The van der Waals surface area contributed by atoms with Crippen molar-refractivity contribution >= 4 is 28.4 Å². The first kappa shape index (κ1) is 14.7. The Morgan fingerprint density at radius 2 is 2.00 bits per heavy atom. The zero-order chi connectivity index (χ0) is 12.7. The molecule has 2 N–H and O–H groups in total. The molecule has 0 aliphatic rings. The summed E-state index contributed by atoms with van der Waals surface area (Å²) in [4.78, 5) is 22.7. The van der Waals surface area contributed by atoms with Crippen LogP contribution in [0.4, 0.5) is 4.79 Å². The molecule has 2 amide bonds. The summed E-state index contributed by atoms with van der Waals surface area (Å²) in [7, 11) is 0. The molecule has 4 nitrogen and oxygen atoms in total. The van der Waals surface area contributed by atoms with Crippen LogP contribution in [0.15, 0.2) is 24.3 Å². The predicted molar refractivity (Wildman–Crippen MR) is 70.9 cm³/mol. The van der Waals surface area contributed by atoms with E-state index in [0.29, 0.717) is 18.7 Å². The summed E-state index contributed by atoms with van der Waals surface area (Å²) in [5, 5.41) is 5.50. The van der Waals surface area contributed by atoms with Crippen LogP contribution in [0.2, 0.25) is 0 Å². The quantitative estimate of drug-likeness (QED) is 0.254. The zero-order valence-corrected chi connectivity index (χ0v) is 13.6. The van der Waals surface area contributed by atoms with Crippen LogP contribution in [0.25, 0.3) is 0 Å². The molecule has 94 valence electrons. The standard InChI is InChI=1S/C11H13I2N2O2/c1-8-3-2-4-9(7-8)10(16)14-5-6-15-11(17)13-12/h2-4,7H,5-6H2,1H3,(H,14,16)(H,15,17)/q-1. The van der Waals surface area contributed by atoms with E-state index >= 15 is 0 Å². The number of nitrogens with one attached hydrogen (secondary N) is 2. The van der Waals surface area contributed by atoms with Gasteiger partial charge in [-0.2, -0.15) is 0 Å². The van der Waals surface area contributed by atoms with E-state index in [1.165, 1.54) is 0 Å². The van der Waals surface area contributed by atoms with Crippen LogP contribution in [0.3, 0.4) is 0 Å². The van der Waals surface area contributed by atoms with E-state index in [1.54, 1.807) is 6.07 Å². The van der Waals surface area contributed by atoms with Crippen molar-refractivity contribution in [3.8, 4) is 0 Å². The second-order valence-corrected chi connectivity index (χ2v) is 7.52. The Morgan fingerprint density at radius 1 is 1.29 bits per heavy atom. The Kier molecular flexibility index (Phi) is 6.78. The average Bonchev–Trinajstić information content (AvgIpc) is 2.34. The zero-order valence-electron chi connectivity index (χ0n) is 9.30. The minimum atomic E-state index is -0.431. The molecule has 0 aliphatic heterocycles. The van der Waals surface area contributed by atoms with Crippen LogP contribution in [-0.4, -0.2) is 22.9 Å². The normalized spacial score (nSPS) is 10.0. The average molecular weight is 459 g/mol. The van der Waals surface area contributed by atoms with Gasteiger partial charge in [0.05, 0.1) is 0 Å². The van der Waals surface area contributed by atoms with Crippen molar-refractivity contribution in [1.82, 2.24) is 10.6 Å². The molecule has 0 atom stereocenters. The van der Waals surface area contributed by atoms with Gasteiger partial charge in [0.15, 0.2) is 0 Å². The van der Waals surface area contributed by atoms with Crippen LogP contribution in [0, 0.1) is 6.92 Å². The first-order valence-electron chi connectivity index (χ1n) is 5.02. The molecule has 17 heavy (non-hydrogen) atoms. The van der Waals surface area contributed by atoms with Crippen molar-refractivity contribution in [3.05, 3.63) is 35.4 Å². The monoisotopic (exact) mass is 459 g/mol. The summed E-state index contributed by atoms with van der Waals surface area (Å²) in [6.07, 6.45) is 0. The molecule has 0 saturated carbocycles. The second-order valence-electron chi connectivity index (χ2n) is 3.40. The molecule has 1 rings (SSSR count). The third-order valence-corrected chi connectivity index (χ3v) is 5.26. The van der Waals surface area contributed by atoms with Crippen LogP contribution in [0.5, 0.6) is 0 Å². The number of benzene rings is 1. The SMILES string of the molecule is Cc1cccc(C(=O)NCCNC(=O)[I-]I)c1. The summed E-state index contributed by atoms with van der Waals surface area (Å²) in [6, 6.07) is 7.41. The predicted octanol–water partition coefficient (Wildman–Crippen LogP) is -1.13. The molecule has 0 radical (unpaired) electrons. The number of carbonyl (C=O) groups is 2. The van der Waals surface area contributed by atoms with Gasteiger partial charge in [0.1, 0.15) is 0 Å². The van der Waals surface area contributed by atoms with E-state index in [2.05, 4.69) is 29.2 Å². The Labute approximate surface area is 120 Å². The third kappa shape index (κ3) is 5.66. The minimum absolute atomic E-state index is 0.0919. The van der Waals surface area contributed by atoms with Crippen LogP contribution in [-0.2, 0) is 0 Å². The van der Waals surface area contributed by atoms with Crippen LogP contribution in [0.1, 0.15) is 15.9 Å². The van der Waals surface area contributed by atoms with Gasteiger partial charge in [0.2, 0.25) is 0 Å². The molecular weight excluding hydrogens is 446 g/mol. The van der Waals surface area contributed by atoms with Gasteiger partial charge in [-0.05, 0) is 0 Å². The van der Waals surface area contributed by atoms with Crippen molar-refractivity contribution in [2.45, 2.75) is 6.92 Å². The Balaban J connectivity index is 2.33. The molecule has 0 spiro atoms. The summed E-state index contributed by atoms with van der Waals surface area (Å²) in [5.74, 6) is -0.105. The number of hydrogen-bond donors (Lipinski definition) is 2. The van der Waals surface area contributed by atoms with Crippen LogP contribution >= 0.6 is 18.6 Å². The molecule has 1 aromatic carbocycles. The number of carbonyl (C=O) groups excluding carboxylic acids is 2. The first-order chi connectivity index (χ1) is 8.13. The fraction of sp³-hybridized carbons (Fsp3) is 0.273.